The Morgan fingerprint density at radius 3 is 2.34 bits per heavy atom. The lowest BCUT2D eigenvalue weighted by molar-refractivity contribution is -0.142. The Labute approximate surface area is 201 Å². The van der Waals surface area contributed by atoms with Gasteiger partial charge in [-0.1, -0.05) is 48.5 Å². The zero-order chi connectivity index (χ0) is 25.0. The number of aliphatic carboxylic acids is 1. The number of hydrogen-bond acceptors (Lipinski definition) is 6. The molecule has 4 rings (SSSR count). The van der Waals surface area contributed by atoms with Crippen molar-refractivity contribution in [1.29, 1.82) is 0 Å². The number of anilines is 1. The zero-order valence-electron chi connectivity index (χ0n) is 19.1. The number of ether oxygens (including phenoxy) is 1. The molecule has 0 aliphatic heterocycles. The van der Waals surface area contributed by atoms with Crippen molar-refractivity contribution in [1.82, 2.24) is 15.1 Å². The average molecular weight is 479 g/mol. The smallest absolute Gasteiger partial charge is 0.411 e. The molecule has 182 valence electrons. The van der Waals surface area contributed by atoms with Crippen LogP contribution in [-0.2, 0) is 20.9 Å². The first kappa shape index (κ1) is 24.0. The summed E-state index contributed by atoms with van der Waals surface area (Å²) in [6, 6.07) is 16.1. The molecule has 1 unspecified atom stereocenters. The predicted molar refractivity (Wildman–Crippen MR) is 127 cm³/mol. The second kappa shape index (κ2) is 9.98. The maximum atomic E-state index is 12.4. The molecule has 10 heteroatoms. The molecule has 0 spiro atoms. The average Bonchev–Trinajstić information content (AvgIpc) is 3.37. The molecule has 2 amide bonds. The molecule has 0 saturated carbocycles. The van der Waals surface area contributed by atoms with Gasteiger partial charge in [-0.3, -0.25) is 19.6 Å². The highest BCUT2D eigenvalue weighted by Crippen LogP contribution is 2.44. The van der Waals surface area contributed by atoms with Crippen LogP contribution in [-0.4, -0.2) is 56.7 Å². The Morgan fingerprint density at radius 2 is 1.71 bits per heavy atom. The van der Waals surface area contributed by atoms with Gasteiger partial charge in [0.05, 0.1) is 23.9 Å². The van der Waals surface area contributed by atoms with Crippen LogP contribution in [0.25, 0.3) is 11.1 Å². The van der Waals surface area contributed by atoms with Crippen molar-refractivity contribution < 1.29 is 29.3 Å². The molecule has 1 aliphatic carbocycles. The van der Waals surface area contributed by atoms with Crippen LogP contribution in [0.15, 0.2) is 60.9 Å². The topological polar surface area (TPSA) is 143 Å². The molecule has 4 N–H and O–H groups in total. The molecular formula is C25H26N4O6. The molecule has 0 radical (unpaired) electrons. The summed E-state index contributed by atoms with van der Waals surface area (Å²) in [6.45, 7) is 1.11. The number of fused-ring (bicyclic) bond motifs is 3. The van der Waals surface area contributed by atoms with Crippen LogP contribution >= 0.6 is 0 Å². The van der Waals surface area contributed by atoms with Gasteiger partial charge in [-0.25, -0.2) is 4.79 Å². The van der Waals surface area contributed by atoms with E-state index in [0.29, 0.717) is 5.69 Å². The standard InChI is InChI=1S/C25H26N4O6/c1-25(34,10-23(31)32)15-26-22(30)13-29-12-16(11-27-29)28-24(33)35-14-21-19-8-4-2-6-17(19)18-7-3-5-9-20(18)21/h2-9,11-12,21,34H,10,13-15H2,1H3,(H,26,30)(H,28,33)(H,31,32). The summed E-state index contributed by atoms with van der Waals surface area (Å²) in [5.74, 6) is -1.69. The summed E-state index contributed by atoms with van der Waals surface area (Å²) in [7, 11) is 0. The van der Waals surface area contributed by atoms with Gasteiger partial charge in [0.25, 0.3) is 0 Å². The van der Waals surface area contributed by atoms with E-state index in [1.165, 1.54) is 24.0 Å². The maximum absolute atomic E-state index is 12.4. The lowest BCUT2D eigenvalue weighted by Crippen LogP contribution is -2.43. The van der Waals surface area contributed by atoms with E-state index >= 15 is 0 Å². The van der Waals surface area contributed by atoms with Crippen LogP contribution in [0.4, 0.5) is 10.5 Å². The van der Waals surface area contributed by atoms with Crippen LogP contribution in [0.3, 0.4) is 0 Å². The number of rotatable bonds is 9. The minimum atomic E-state index is -1.57. The van der Waals surface area contributed by atoms with Gasteiger partial charge in [-0.2, -0.15) is 5.10 Å². The van der Waals surface area contributed by atoms with E-state index in [-0.39, 0.29) is 25.6 Å². The summed E-state index contributed by atoms with van der Waals surface area (Å²) in [5.41, 5.74) is 3.29. The number of carbonyl (C=O) groups excluding carboxylic acids is 2. The van der Waals surface area contributed by atoms with Crippen molar-refractivity contribution in [3.8, 4) is 11.1 Å². The van der Waals surface area contributed by atoms with Crippen molar-refractivity contribution in [3.05, 3.63) is 72.1 Å². The van der Waals surface area contributed by atoms with Crippen LogP contribution < -0.4 is 10.6 Å². The normalized spacial score (nSPS) is 13.9. The number of hydrogen-bond donors (Lipinski definition) is 4. The van der Waals surface area contributed by atoms with Crippen molar-refractivity contribution in [3.63, 3.8) is 0 Å². The summed E-state index contributed by atoms with van der Waals surface area (Å²) in [4.78, 5) is 35.2. The van der Waals surface area contributed by atoms with Gasteiger partial charge in [0.2, 0.25) is 5.91 Å². The highest BCUT2D eigenvalue weighted by molar-refractivity contribution is 5.85. The molecule has 0 fully saturated rings. The summed E-state index contributed by atoms with van der Waals surface area (Å²) in [6.07, 6.45) is 1.72. The second-order valence-electron chi connectivity index (χ2n) is 8.72. The van der Waals surface area contributed by atoms with Crippen LogP contribution in [0.1, 0.15) is 30.4 Å². The third kappa shape index (κ3) is 5.85. The summed E-state index contributed by atoms with van der Waals surface area (Å²) < 4.78 is 6.81. The minimum absolute atomic E-state index is 0.0575. The Balaban J connectivity index is 1.28. The summed E-state index contributed by atoms with van der Waals surface area (Å²) >= 11 is 0. The monoisotopic (exact) mass is 478 g/mol. The Hall–Kier alpha value is -4.18. The summed E-state index contributed by atoms with van der Waals surface area (Å²) in [5, 5.41) is 27.8. The third-order valence-electron chi connectivity index (χ3n) is 5.73. The number of carboxylic acid groups (broad SMARTS) is 1. The number of aliphatic hydroxyl groups is 1. The van der Waals surface area contributed by atoms with E-state index in [2.05, 4.69) is 27.9 Å². The van der Waals surface area contributed by atoms with Crippen molar-refractivity contribution in [2.24, 2.45) is 0 Å². The minimum Gasteiger partial charge on any atom is -0.481 e. The first-order valence-corrected chi connectivity index (χ1v) is 11.1. The van der Waals surface area contributed by atoms with Gasteiger partial charge in [0.15, 0.2) is 0 Å². The van der Waals surface area contributed by atoms with Gasteiger partial charge >= 0.3 is 12.1 Å². The molecule has 0 bridgehead atoms. The first-order chi connectivity index (χ1) is 16.7. The van der Waals surface area contributed by atoms with Gasteiger partial charge in [0.1, 0.15) is 13.2 Å². The van der Waals surface area contributed by atoms with Crippen molar-refractivity contribution in [2.45, 2.75) is 31.4 Å². The first-order valence-electron chi connectivity index (χ1n) is 11.1. The Kier molecular flexibility index (Phi) is 6.83. The van der Waals surface area contributed by atoms with E-state index in [9.17, 15) is 19.5 Å². The van der Waals surface area contributed by atoms with E-state index < -0.39 is 30.0 Å². The van der Waals surface area contributed by atoms with Crippen LogP contribution in [0.2, 0.25) is 0 Å². The lowest BCUT2D eigenvalue weighted by Gasteiger charge is -2.21. The zero-order valence-corrected chi connectivity index (χ0v) is 19.1. The van der Waals surface area contributed by atoms with Crippen LogP contribution in [0.5, 0.6) is 0 Å². The molecular weight excluding hydrogens is 452 g/mol. The van der Waals surface area contributed by atoms with Crippen molar-refractivity contribution >= 4 is 23.7 Å². The fraction of sp³-hybridized carbons (Fsp3) is 0.280. The molecule has 3 aromatic rings. The van der Waals surface area contributed by atoms with E-state index in [1.54, 1.807) is 0 Å². The van der Waals surface area contributed by atoms with Gasteiger partial charge in [0, 0.05) is 18.7 Å². The van der Waals surface area contributed by atoms with E-state index in [1.807, 2.05) is 36.4 Å². The molecule has 1 aromatic heterocycles. The van der Waals surface area contributed by atoms with Gasteiger partial charge < -0.3 is 20.3 Å². The lowest BCUT2D eigenvalue weighted by atomic mass is 9.98. The SMILES string of the molecule is CC(O)(CNC(=O)Cn1cc(NC(=O)OCC2c3ccccc3-c3ccccc32)cn1)CC(=O)O. The van der Waals surface area contributed by atoms with Crippen molar-refractivity contribution in [2.75, 3.05) is 18.5 Å². The fourth-order valence-corrected chi connectivity index (χ4v) is 4.15. The van der Waals surface area contributed by atoms with E-state index in [4.69, 9.17) is 9.84 Å². The number of benzene rings is 2. The Bertz CT molecular complexity index is 1210. The fourth-order valence-electron chi connectivity index (χ4n) is 4.15. The molecule has 1 aliphatic rings. The molecule has 1 atom stereocenters. The molecule has 10 nitrogen and oxygen atoms in total. The number of carbonyl (C=O) groups is 3. The number of aromatic nitrogens is 2. The number of amides is 2. The quantitative estimate of drug-likeness (QED) is 0.370. The van der Waals surface area contributed by atoms with E-state index in [0.717, 1.165) is 22.3 Å². The second-order valence-corrected chi connectivity index (χ2v) is 8.72. The highest BCUT2D eigenvalue weighted by Gasteiger charge is 2.29. The molecule has 0 saturated heterocycles. The molecule has 2 aromatic carbocycles. The van der Waals surface area contributed by atoms with Crippen LogP contribution in [0, 0.1) is 0 Å². The van der Waals surface area contributed by atoms with Gasteiger partial charge in [-0.15, -0.1) is 0 Å². The number of nitrogens with one attached hydrogen (secondary N) is 2. The molecule has 35 heavy (non-hydrogen) atoms. The largest absolute Gasteiger partial charge is 0.481 e. The predicted octanol–water partition coefficient (Wildman–Crippen LogP) is 2.59. The molecule has 1 heterocycles. The number of nitrogens with zero attached hydrogens (tertiary/aromatic N) is 2. The third-order valence-corrected chi connectivity index (χ3v) is 5.73. The maximum Gasteiger partial charge on any atom is 0.411 e. The Morgan fingerprint density at radius 1 is 1.09 bits per heavy atom. The highest BCUT2D eigenvalue weighted by atomic mass is 16.5. The van der Waals surface area contributed by atoms with Gasteiger partial charge in [-0.05, 0) is 29.2 Å². The number of carboxylic acids is 1.